The van der Waals surface area contributed by atoms with Crippen LogP contribution in [0.15, 0.2) is 48.6 Å². The van der Waals surface area contributed by atoms with Gasteiger partial charge in [-0.05, 0) is 37.6 Å². The van der Waals surface area contributed by atoms with E-state index >= 15 is 0 Å². The summed E-state index contributed by atoms with van der Waals surface area (Å²) in [6.07, 6.45) is 5.75. The highest BCUT2D eigenvalue weighted by Crippen LogP contribution is 2.26. The lowest BCUT2D eigenvalue weighted by Crippen LogP contribution is -1.85. The van der Waals surface area contributed by atoms with Gasteiger partial charge in [0.05, 0.1) is 5.02 Å². The van der Waals surface area contributed by atoms with Crippen LogP contribution >= 0.6 is 11.6 Å². The van der Waals surface area contributed by atoms with E-state index in [1.165, 1.54) is 12.1 Å². The van der Waals surface area contributed by atoms with Gasteiger partial charge in [0.1, 0.15) is 5.82 Å². The van der Waals surface area contributed by atoms with E-state index in [0.717, 1.165) is 16.7 Å². The Morgan fingerprint density at radius 2 is 2.12 bits per heavy atom. The third-order valence-electron chi connectivity index (χ3n) is 1.99. The summed E-state index contributed by atoms with van der Waals surface area (Å²) in [5.41, 5.74) is 2.66. The average Bonchev–Trinajstić information content (AvgIpc) is 2.16. The Balaban J connectivity index is 3.27. The first-order chi connectivity index (χ1) is 7.54. The summed E-state index contributed by atoms with van der Waals surface area (Å²) < 4.78 is 12.9. The standard InChI is InChI=1S/C14H14ClF/c1-4-5-11(8-10(2)3)13-7-6-12(16)9-14(13)15/h4-9H,2H2,1,3H3/b5-4-,11-8+. The number of halogens is 2. The topological polar surface area (TPSA) is 0 Å². The summed E-state index contributed by atoms with van der Waals surface area (Å²) >= 11 is 6.00. The Morgan fingerprint density at radius 1 is 1.44 bits per heavy atom. The van der Waals surface area contributed by atoms with E-state index < -0.39 is 0 Å². The molecule has 1 aromatic rings. The molecule has 16 heavy (non-hydrogen) atoms. The Morgan fingerprint density at radius 3 is 2.62 bits per heavy atom. The van der Waals surface area contributed by atoms with Crippen molar-refractivity contribution in [3.63, 3.8) is 0 Å². The molecule has 0 heterocycles. The van der Waals surface area contributed by atoms with Gasteiger partial charge in [0.25, 0.3) is 0 Å². The molecule has 0 N–H and O–H groups in total. The quantitative estimate of drug-likeness (QED) is 0.647. The van der Waals surface area contributed by atoms with Gasteiger partial charge >= 0.3 is 0 Å². The molecule has 1 rings (SSSR count). The van der Waals surface area contributed by atoms with Crippen molar-refractivity contribution in [2.24, 2.45) is 0 Å². The predicted octanol–water partition coefficient (Wildman–Crippen LogP) is 5.01. The van der Waals surface area contributed by atoms with Gasteiger partial charge in [-0.15, -0.1) is 0 Å². The minimum absolute atomic E-state index is 0.330. The normalized spacial score (nSPS) is 12.1. The molecular weight excluding hydrogens is 223 g/mol. The van der Waals surface area contributed by atoms with Crippen LogP contribution in [-0.2, 0) is 0 Å². The van der Waals surface area contributed by atoms with Crippen LogP contribution in [0.3, 0.4) is 0 Å². The van der Waals surface area contributed by atoms with Crippen molar-refractivity contribution in [3.05, 3.63) is 65.0 Å². The molecule has 0 atom stereocenters. The monoisotopic (exact) mass is 236 g/mol. The van der Waals surface area contributed by atoms with Gasteiger partial charge in [0.15, 0.2) is 0 Å². The van der Waals surface area contributed by atoms with Crippen molar-refractivity contribution in [1.29, 1.82) is 0 Å². The van der Waals surface area contributed by atoms with Crippen LogP contribution in [0.2, 0.25) is 5.02 Å². The second-order valence-electron chi connectivity index (χ2n) is 3.57. The molecule has 0 radical (unpaired) electrons. The summed E-state index contributed by atoms with van der Waals surface area (Å²) in [5.74, 6) is -0.330. The molecule has 84 valence electrons. The maximum atomic E-state index is 12.9. The number of rotatable bonds is 3. The number of benzene rings is 1. The van der Waals surface area contributed by atoms with Crippen LogP contribution in [0.1, 0.15) is 19.4 Å². The third-order valence-corrected chi connectivity index (χ3v) is 2.30. The molecule has 0 aliphatic carbocycles. The third kappa shape index (κ3) is 3.35. The molecule has 0 saturated heterocycles. The largest absolute Gasteiger partial charge is 0.207 e. The van der Waals surface area contributed by atoms with Crippen LogP contribution < -0.4 is 0 Å². The zero-order chi connectivity index (χ0) is 12.1. The zero-order valence-corrected chi connectivity index (χ0v) is 10.2. The molecule has 0 nitrogen and oxygen atoms in total. The average molecular weight is 237 g/mol. The lowest BCUT2D eigenvalue weighted by atomic mass is 10.0. The maximum Gasteiger partial charge on any atom is 0.124 e. The number of hydrogen-bond donors (Lipinski definition) is 0. The molecule has 0 aliphatic rings. The molecular formula is C14H14ClF. The second kappa shape index (κ2) is 5.66. The predicted molar refractivity (Wildman–Crippen MR) is 69.0 cm³/mol. The van der Waals surface area contributed by atoms with E-state index in [4.69, 9.17) is 11.6 Å². The van der Waals surface area contributed by atoms with Crippen LogP contribution in [0.25, 0.3) is 5.57 Å². The first-order valence-corrected chi connectivity index (χ1v) is 5.37. The van der Waals surface area contributed by atoms with Gasteiger partial charge in [-0.2, -0.15) is 0 Å². The van der Waals surface area contributed by atoms with Crippen LogP contribution in [0.4, 0.5) is 4.39 Å². The molecule has 0 unspecified atom stereocenters. The first-order valence-electron chi connectivity index (χ1n) is 5.00. The summed E-state index contributed by atoms with van der Waals surface area (Å²) in [4.78, 5) is 0. The summed E-state index contributed by atoms with van der Waals surface area (Å²) in [6.45, 7) is 7.65. The smallest absolute Gasteiger partial charge is 0.124 e. The van der Waals surface area contributed by atoms with Crippen LogP contribution in [0, 0.1) is 5.82 Å². The van der Waals surface area contributed by atoms with E-state index in [9.17, 15) is 4.39 Å². The Labute approximate surface area is 101 Å². The fourth-order valence-electron chi connectivity index (χ4n) is 1.38. The molecule has 0 amide bonds. The molecule has 0 aliphatic heterocycles. The van der Waals surface area contributed by atoms with Crippen molar-refractivity contribution < 1.29 is 4.39 Å². The Kier molecular flexibility index (Phi) is 4.51. The maximum absolute atomic E-state index is 12.9. The van der Waals surface area contributed by atoms with Crippen molar-refractivity contribution >= 4 is 17.2 Å². The first kappa shape index (κ1) is 12.7. The number of allylic oxidation sites excluding steroid dienone is 5. The van der Waals surface area contributed by atoms with Crippen LogP contribution in [0.5, 0.6) is 0 Å². The van der Waals surface area contributed by atoms with Gasteiger partial charge in [-0.3, -0.25) is 0 Å². The van der Waals surface area contributed by atoms with Gasteiger partial charge < -0.3 is 0 Å². The van der Waals surface area contributed by atoms with E-state index in [2.05, 4.69) is 6.58 Å². The minimum Gasteiger partial charge on any atom is -0.207 e. The highest BCUT2D eigenvalue weighted by Gasteiger charge is 2.05. The van der Waals surface area contributed by atoms with E-state index in [-0.39, 0.29) is 5.82 Å². The van der Waals surface area contributed by atoms with Gasteiger partial charge in [-0.25, -0.2) is 4.39 Å². The molecule has 0 bridgehead atoms. The summed E-state index contributed by atoms with van der Waals surface area (Å²) in [5, 5.41) is 0.408. The molecule has 2 heteroatoms. The Bertz CT molecular complexity index is 456. The molecule has 1 aromatic carbocycles. The summed E-state index contributed by atoms with van der Waals surface area (Å²) in [7, 11) is 0. The fraction of sp³-hybridized carbons (Fsp3) is 0.143. The SMILES string of the molecule is C=C(C)/C=C(\C=C/C)c1ccc(F)cc1Cl. The van der Waals surface area contributed by atoms with E-state index in [1.54, 1.807) is 6.07 Å². The second-order valence-corrected chi connectivity index (χ2v) is 3.98. The minimum atomic E-state index is -0.330. The van der Waals surface area contributed by atoms with Crippen molar-refractivity contribution in [2.75, 3.05) is 0 Å². The van der Waals surface area contributed by atoms with Crippen molar-refractivity contribution in [3.8, 4) is 0 Å². The van der Waals surface area contributed by atoms with Gasteiger partial charge in [0.2, 0.25) is 0 Å². The van der Waals surface area contributed by atoms with Crippen molar-refractivity contribution in [1.82, 2.24) is 0 Å². The van der Waals surface area contributed by atoms with Gasteiger partial charge in [-0.1, -0.05) is 42.0 Å². The molecule has 0 aromatic heterocycles. The lowest BCUT2D eigenvalue weighted by Gasteiger charge is -2.06. The Hall–Kier alpha value is -1.34. The van der Waals surface area contributed by atoms with Crippen LogP contribution in [-0.4, -0.2) is 0 Å². The highest BCUT2D eigenvalue weighted by atomic mass is 35.5. The summed E-state index contributed by atoms with van der Waals surface area (Å²) in [6, 6.07) is 4.38. The van der Waals surface area contributed by atoms with E-state index in [0.29, 0.717) is 5.02 Å². The molecule has 0 fully saturated rings. The molecule has 0 spiro atoms. The lowest BCUT2D eigenvalue weighted by molar-refractivity contribution is 0.628. The zero-order valence-electron chi connectivity index (χ0n) is 9.43. The molecule has 0 saturated carbocycles. The highest BCUT2D eigenvalue weighted by molar-refractivity contribution is 6.32. The van der Waals surface area contributed by atoms with Gasteiger partial charge in [0, 0.05) is 5.56 Å². The number of hydrogen-bond acceptors (Lipinski definition) is 0. The van der Waals surface area contributed by atoms with Crippen molar-refractivity contribution in [2.45, 2.75) is 13.8 Å². The van der Waals surface area contributed by atoms with E-state index in [1.807, 2.05) is 32.1 Å². The fourth-order valence-corrected chi connectivity index (χ4v) is 1.66.